The van der Waals surface area contributed by atoms with E-state index in [4.69, 9.17) is 10.7 Å². The molecular formula is C23H33N3S. The molecule has 3 fully saturated rings. The molecule has 3 saturated carbocycles. The van der Waals surface area contributed by atoms with Gasteiger partial charge in [-0.25, -0.2) is 4.98 Å². The highest BCUT2D eigenvalue weighted by atomic mass is 32.1. The van der Waals surface area contributed by atoms with Crippen LogP contribution in [0.4, 0.5) is 0 Å². The van der Waals surface area contributed by atoms with E-state index in [1.165, 1.54) is 75.6 Å². The van der Waals surface area contributed by atoms with Crippen molar-refractivity contribution in [1.29, 1.82) is 0 Å². The molecule has 0 aliphatic heterocycles. The minimum atomic E-state index is 0.0397. The molecule has 2 N–H and O–H groups in total. The summed E-state index contributed by atoms with van der Waals surface area (Å²) in [5, 5.41) is 1.20. The van der Waals surface area contributed by atoms with Crippen LogP contribution in [0.15, 0.2) is 30.3 Å². The van der Waals surface area contributed by atoms with Gasteiger partial charge in [-0.2, -0.15) is 4.37 Å². The molecule has 1 heterocycles. The largest absolute Gasteiger partial charge is 0.325 e. The van der Waals surface area contributed by atoms with Gasteiger partial charge in [0.05, 0.1) is 0 Å². The number of rotatable bonds is 2. The van der Waals surface area contributed by atoms with Gasteiger partial charge in [0.2, 0.25) is 0 Å². The molecular weight excluding hydrogens is 350 g/mol. The average molecular weight is 384 g/mol. The van der Waals surface area contributed by atoms with Crippen molar-refractivity contribution in [1.82, 2.24) is 9.36 Å². The zero-order valence-electron chi connectivity index (χ0n) is 16.4. The quantitative estimate of drug-likeness (QED) is 0.661. The number of nitrogens with two attached hydrogens (primary N) is 1. The Morgan fingerprint density at radius 1 is 0.852 bits per heavy atom. The summed E-state index contributed by atoms with van der Waals surface area (Å²) in [5.74, 6) is 2.23. The topological polar surface area (TPSA) is 51.8 Å². The summed E-state index contributed by atoms with van der Waals surface area (Å²) < 4.78 is 4.67. The van der Waals surface area contributed by atoms with Gasteiger partial charge >= 0.3 is 0 Å². The van der Waals surface area contributed by atoms with Crippen LogP contribution in [0.2, 0.25) is 0 Å². The van der Waals surface area contributed by atoms with Crippen LogP contribution in [0.25, 0.3) is 11.4 Å². The lowest BCUT2D eigenvalue weighted by atomic mass is 9.63. The molecule has 1 unspecified atom stereocenters. The first kappa shape index (κ1) is 19.1. The second-order valence-corrected chi connectivity index (χ2v) is 9.70. The van der Waals surface area contributed by atoms with Crippen molar-refractivity contribution in [3.63, 3.8) is 0 Å². The van der Waals surface area contributed by atoms with Gasteiger partial charge in [0.25, 0.3) is 0 Å². The predicted octanol–water partition coefficient (Wildman–Crippen LogP) is 6.31. The Labute approximate surface area is 168 Å². The van der Waals surface area contributed by atoms with E-state index in [2.05, 4.69) is 28.6 Å². The SMILES string of the molecule is NC12CC(CCCCCCCCCC(c3nc(-c4ccccc4)ns3)C1)C2. The molecule has 146 valence electrons. The van der Waals surface area contributed by atoms with Crippen LogP contribution in [0.1, 0.15) is 88.0 Å². The van der Waals surface area contributed by atoms with Crippen molar-refractivity contribution >= 4 is 11.5 Å². The fourth-order valence-corrected chi connectivity index (χ4v) is 5.88. The Balaban J connectivity index is 1.47. The maximum absolute atomic E-state index is 6.80. The molecule has 2 aromatic rings. The first-order valence-electron chi connectivity index (χ1n) is 10.9. The van der Waals surface area contributed by atoms with Crippen LogP contribution < -0.4 is 5.73 Å². The molecule has 0 saturated heterocycles. The lowest BCUT2D eigenvalue weighted by Gasteiger charge is -2.47. The van der Waals surface area contributed by atoms with Gasteiger partial charge in [0.15, 0.2) is 5.82 Å². The molecule has 3 nitrogen and oxygen atoms in total. The Kier molecular flexibility index (Phi) is 6.24. The smallest absolute Gasteiger partial charge is 0.173 e. The summed E-state index contributed by atoms with van der Waals surface area (Å²) in [6.45, 7) is 0. The van der Waals surface area contributed by atoms with Crippen LogP contribution in [-0.2, 0) is 0 Å². The number of hydrogen-bond acceptors (Lipinski definition) is 4. The maximum atomic E-state index is 6.80. The summed E-state index contributed by atoms with van der Waals surface area (Å²) in [4.78, 5) is 4.94. The fraction of sp³-hybridized carbons (Fsp3) is 0.652. The molecule has 1 atom stereocenters. The van der Waals surface area contributed by atoms with E-state index in [0.717, 1.165) is 23.7 Å². The third-order valence-corrected chi connectivity index (χ3v) is 7.41. The fourth-order valence-electron chi connectivity index (χ4n) is 5.08. The number of benzene rings is 1. The van der Waals surface area contributed by atoms with Crippen molar-refractivity contribution in [2.75, 3.05) is 0 Å². The predicted molar refractivity (Wildman–Crippen MR) is 114 cm³/mol. The van der Waals surface area contributed by atoms with Crippen LogP contribution in [0.3, 0.4) is 0 Å². The van der Waals surface area contributed by atoms with Gasteiger partial charge in [-0.1, -0.05) is 81.7 Å². The molecule has 3 aliphatic carbocycles. The highest BCUT2D eigenvalue weighted by molar-refractivity contribution is 7.05. The van der Waals surface area contributed by atoms with Gasteiger partial charge < -0.3 is 5.73 Å². The number of aromatic nitrogens is 2. The molecule has 0 spiro atoms. The summed E-state index contributed by atoms with van der Waals surface area (Å²) in [6.07, 6.45) is 15.8. The molecule has 0 amide bonds. The average Bonchev–Trinajstić information content (AvgIpc) is 3.15. The minimum absolute atomic E-state index is 0.0397. The number of nitrogens with zero attached hydrogens (tertiary/aromatic N) is 2. The first-order chi connectivity index (χ1) is 13.2. The van der Waals surface area contributed by atoms with E-state index in [9.17, 15) is 0 Å². The van der Waals surface area contributed by atoms with E-state index in [-0.39, 0.29) is 5.54 Å². The first-order valence-corrected chi connectivity index (χ1v) is 11.7. The van der Waals surface area contributed by atoms with Gasteiger partial charge in [-0.15, -0.1) is 0 Å². The second-order valence-electron chi connectivity index (χ2n) is 8.91. The lowest BCUT2D eigenvalue weighted by molar-refractivity contribution is 0.115. The van der Waals surface area contributed by atoms with Gasteiger partial charge in [-0.05, 0) is 43.1 Å². The maximum Gasteiger partial charge on any atom is 0.173 e. The minimum Gasteiger partial charge on any atom is -0.325 e. The molecule has 1 aromatic carbocycles. The van der Waals surface area contributed by atoms with Crippen LogP contribution in [0.5, 0.6) is 0 Å². The molecule has 4 heteroatoms. The van der Waals surface area contributed by atoms with Crippen LogP contribution >= 0.6 is 11.5 Å². The summed E-state index contributed by atoms with van der Waals surface area (Å²) in [7, 11) is 0. The monoisotopic (exact) mass is 383 g/mol. The molecule has 3 aliphatic rings. The zero-order valence-corrected chi connectivity index (χ0v) is 17.2. The van der Waals surface area contributed by atoms with Gasteiger partial charge in [-0.3, -0.25) is 0 Å². The standard InChI is InChI=1S/C23H33N3S/c24-23-15-18(16-23)11-7-4-2-1-3-5-8-14-20(17-23)22-25-21(26-27-22)19-12-9-6-10-13-19/h6,9-10,12-13,18,20H,1-5,7-8,11,14-17,24H2. The highest BCUT2D eigenvalue weighted by Crippen LogP contribution is 2.46. The zero-order chi connectivity index (χ0) is 18.5. The van der Waals surface area contributed by atoms with Crippen molar-refractivity contribution < 1.29 is 0 Å². The van der Waals surface area contributed by atoms with Crippen LogP contribution in [0, 0.1) is 5.92 Å². The summed E-state index contributed by atoms with van der Waals surface area (Å²) >= 11 is 1.60. The van der Waals surface area contributed by atoms with E-state index >= 15 is 0 Å². The summed E-state index contributed by atoms with van der Waals surface area (Å²) in [6, 6.07) is 10.3. The Morgan fingerprint density at radius 2 is 1.52 bits per heavy atom. The van der Waals surface area contributed by atoms with Crippen molar-refractivity contribution in [3.8, 4) is 11.4 Å². The lowest BCUT2D eigenvalue weighted by Crippen LogP contribution is -2.52. The molecule has 1 aromatic heterocycles. The van der Waals surface area contributed by atoms with Gasteiger partial charge in [0, 0.05) is 17.0 Å². The Morgan fingerprint density at radius 3 is 2.26 bits per heavy atom. The van der Waals surface area contributed by atoms with E-state index in [1.54, 1.807) is 11.5 Å². The molecule has 5 rings (SSSR count). The number of hydrogen-bond donors (Lipinski definition) is 1. The summed E-state index contributed by atoms with van der Waals surface area (Å²) in [5.41, 5.74) is 7.95. The van der Waals surface area contributed by atoms with Crippen molar-refractivity contribution in [2.24, 2.45) is 11.7 Å². The van der Waals surface area contributed by atoms with Gasteiger partial charge in [0.1, 0.15) is 5.01 Å². The van der Waals surface area contributed by atoms with Crippen molar-refractivity contribution in [2.45, 2.75) is 88.5 Å². The van der Waals surface area contributed by atoms with E-state index in [0.29, 0.717) is 5.92 Å². The number of fused-ring (bicyclic) bond motifs is 10. The van der Waals surface area contributed by atoms with E-state index in [1.807, 2.05) is 6.07 Å². The third-order valence-electron chi connectivity index (χ3n) is 6.53. The van der Waals surface area contributed by atoms with Crippen LogP contribution in [-0.4, -0.2) is 14.9 Å². The molecule has 2 bridgehead atoms. The highest BCUT2D eigenvalue weighted by Gasteiger charge is 2.42. The Hall–Kier alpha value is -1.26. The third kappa shape index (κ3) is 4.97. The van der Waals surface area contributed by atoms with E-state index < -0.39 is 0 Å². The molecule has 0 radical (unpaired) electrons. The Bertz CT molecular complexity index is 705. The van der Waals surface area contributed by atoms with Crippen molar-refractivity contribution in [3.05, 3.63) is 35.3 Å². The molecule has 27 heavy (non-hydrogen) atoms. The normalized spacial score (nSPS) is 30.3. The second kappa shape index (κ2) is 8.83.